The van der Waals surface area contributed by atoms with Crippen LogP contribution in [0.2, 0.25) is 0 Å². The minimum atomic E-state index is -0.973. The van der Waals surface area contributed by atoms with Gasteiger partial charge in [0.25, 0.3) is 0 Å². The van der Waals surface area contributed by atoms with Crippen molar-refractivity contribution in [2.75, 3.05) is 0 Å². The maximum Gasteiger partial charge on any atom is 0.134 e. The second kappa shape index (κ2) is 5.27. The Morgan fingerprint density at radius 1 is 1.00 bits per heavy atom. The van der Waals surface area contributed by atoms with Crippen molar-refractivity contribution >= 4 is 22.6 Å². The van der Waals surface area contributed by atoms with Gasteiger partial charge in [0, 0.05) is 21.3 Å². The summed E-state index contributed by atoms with van der Waals surface area (Å²) in [5.41, 5.74) is 6.09. The molecule has 0 aromatic heterocycles. The van der Waals surface area contributed by atoms with E-state index in [1.807, 2.05) is 6.07 Å². The molecule has 0 spiro atoms. The van der Waals surface area contributed by atoms with Gasteiger partial charge in [-0.25, -0.2) is 13.2 Å². The highest BCUT2D eigenvalue weighted by molar-refractivity contribution is 14.1. The number of halogens is 4. The molecule has 0 aliphatic carbocycles. The minimum absolute atomic E-state index is 0.321. The van der Waals surface area contributed by atoms with Crippen molar-refractivity contribution in [1.29, 1.82) is 0 Å². The molecule has 1 atom stereocenters. The first-order valence-corrected chi connectivity index (χ1v) is 6.22. The van der Waals surface area contributed by atoms with Gasteiger partial charge in [-0.2, -0.15) is 0 Å². The molecular weight excluding hydrogens is 354 g/mol. The Kier molecular flexibility index (Phi) is 3.91. The normalized spacial score (nSPS) is 12.5. The Morgan fingerprint density at radius 3 is 2.17 bits per heavy atom. The van der Waals surface area contributed by atoms with Crippen molar-refractivity contribution in [3.05, 3.63) is 68.5 Å². The lowest BCUT2D eigenvalue weighted by Gasteiger charge is -2.14. The van der Waals surface area contributed by atoms with Crippen molar-refractivity contribution < 1.29 is 13.2 Å². The molecule has 2 N–H and O–H groups in total. The Hall–Kier alpha value is -1.08. The summed E-state index contributed by atoms with van der Waals surface area (Å²) in [7, 11) is 0. The zero-order chi connectivity index (χ0) is 13.3. The van der Waals surface area contributed by atoms with Gasteiger partial charge < -0.3 is 5.73 Å². The summed E-state index contributed by atoms with van der Waals surface area (Å²) < 4.78 is 40.9. The fourth-order valence-corrected chi connectivity index (χ4v) is 2.28. The first-order chi connectivity index (χ1) is 8.49. The predicted octanol–water partition coefficient (Wildman–Crippen LogP) is 3.76. The van der Waals surface area contributed by atoms with Crippen molar-refractivity contribution in [3.8, 4) is 0 Å². The topological polar surface area (TPSA) is 26.0 Å². The Morgan fingerprint density at radius 2 is 1.61 bits per heavy atom. The van der Waals surface area contributed by atoms with E-state index in [-0.39, 0.29) is 5.56 Å². The van der Waals surface area contributed by atoms with E-state index in [2.05, 4.69) is 22.6 Å². The Balaban J connectivity index is 2.49. The lowest BCUT2D eigenvalue weighted by atomic mass is 9.98. The molecule has 0 fully saturated rings. The average Bonchev–Trinajstić information content (AvgIpc) is 2.27. The summed E-state index contributed by atoms with van der Waals surface area (Å²) >= 11 is 2.08. The van der Waals surface area contributed by atoms with E-state index in [0.717, 1.165) is 3.57 Å². The van der Waals surface area contributed by atoms with Gasteiger partial charge in [0.05, 0.1) is 6.04 Å². The number of benzene rings is 2. The summed E-state index contributed by atoms with van der Waals surface area (Å²) in [5, 5.41) is 0. The van der Waals surface area contributed by atoms with Gasteiger partial charge >= 0.3 is 0 Å². The zero-order valence-corrected chi connectivity index (χ0v) is 11.3. The van der Waals surface area contributed by atoms with E-state index in [4.69, 9.17) is 5.73 Å². The largest absolute Gasteiger partial charge is 0.320 e. The van der Waals surface area contributed by atoms with Gasteiger partial charge in [-0.15, -0.1) is 0 Å². The van der Waals surface area contributed by atoms with Crippen LogP contribution in [0, 0.1) is 21.0 Å². The van der Waals surface area contributed by atoms with Gasteiger partial charge in [-0.3, -0.25) is 0 Å². The maximum absolute atomic E-state index is 13.6. The van der Waals surface area contributed by atoms with Crippen LogP contribution in [0.4, 0.5) is 13.2 Å². The van der Waals surface area contributed by atoms with Crippen LogP contribution in [0.5, 0.6) is 0 Å². The minimum Gasteiger partial charge on any atom is -0.320 e. The second-order valence-electron chi connectivity index (χ2n) is 3.82. The molecule has 0 aliphatic heterocycles. The zero-order valence-electron chi connectivity index (χ0n) is 9.13. The standard InChI is InChI=1S/C13H9F3IN/c14-8-5-10(15)12(11(16)6-8)13(18)7-2-1-3-9(17)4-7/h1-6,13H,18H2. The molecule has 0 radical (unpaired) electrons. The Bertz CT molecular complexity index is 563. The molecule has 2 aromatic carbocycles. The van der Waals surface area contributed by atoms with Crippen molar-refractivity contribution in [2.45, 2.75) is 6.04 Å². The van der Waals surface area contributed by atoms with Gasteiger partial charge in [0.1, 0.15) is 17.5 Å². The third kappa shape index (κ3) is 2.67. The van der Waals surface area contributed by atoms with Crippen LogP contribution in [-0.4, -0.2) is 0 Å². The van der Waals surface area contributed by atoms with Gasteiger partial charge in [0.15, 0.2) is 0 Å². The van der Waals surface area contributed by atoms with Crippen LogP contribution in [-0.2, 0) is 0 Å². The molecule has 18 heavy (non-hydrogen) atoms. The summed E-state index contributed by atoms with van der Waals surface area (Å²) in [6.07, 6.45) is 0. The quantitative estimate of drug-likeness (QED) is 0.809. The number of hydrogen-bond acceptors (Lipinski definition) is 1. The van der Waals surface area contributed by atoms with Crippen LogP contribution < -0.4 is 5.73 Å². The van der Waals surface area contributed by atoms with Crippen LogP contribution >= 0.6 is 22.6 Å². The molecule has 94 valence electrons. The molecule has 1 nitrogen and oxygen atoms in total. The summed E-state index contributed by atoms with van der Waals surface area (Å²) in [6.45, 7) is 0. The van der Waals surface area contributed by atoms with Crippen LogP contribution in [0.3, 0.4) is 0 Å². The summed E-state index contributed by atoms with van der Waals surface area (Å²) in [4.78, 5) is 0. The maximum atomic E-state index is 13.6. The van der Waals surface area contributed by atoms with Gasteiger partial charge in [0.2, 0.25) is 0 Å². The van der Waals surface area contributed by atoms with E-state index in [1.165, 1.54) is 0 Å². The van der Waals surface area contributed by atoms with Crippen molar-refractivity contribution in [2.24, 2.45) is 5.73 Å². The molecule has 0 amide bonds. The van der Waals surface area contributed by atoms with E-state index in [0.29, 0.717) is 17.7 Å². The predicted molar refractivity (Wildman–Crippen MR) is 71.5 cm³/mol. The highest BCUT2D eigenvalue weighted by Gasteiger charge is 2.19. The van der Waals surface area contributed by atoms with Gasteiger partial charge in [-0.1, -0.05) is 12.1 Å². The van der Waals surface area contributed by atoms with E-state index < -0.39 is 23.5 Å². The third-order valence-corrected chi connectivity index (χ3v) is 3.23. The summed E-state index contributed by atoms with van der Waals surface area (Å²) in [5.74, 6) is -2.90. The molecule has 2 aromatic rings. The first kappa shape index (κ1) is 13.4. The molecule has 0 heterocycles. The number of nitrogens with two attached hydrogens (primary N) is 1. The highest BCUT2D eigenvalue weighted by Crippen LogP contribution is 2.26. The highest BCUT2D eigenvalue weighted by atomic mass is 127. The lowest BCUT2D eigenvalue weighted by molar-refractivity contribution is 0.515. The Labute approximate surface area is 116 Å². The molecular formula is C13H9F3IN. The van der Waals surface area contributed by atoms with E-state index in [1.54, 1.807) is 18.2 Å². The number of rotatable bonds is 2. The molecule has 1 unspecified atom stereocenters. The van der Waals surface area contributed by atoms with E-state index >= 15 is 0 Å². The van der Waals surface area contributed by atoms with Crippen LogP contribution in [0.15, 0.2) is 36.4 Å². The smallest absolute Gasteiger partial charge is 0.134 e. The third-order valence-electron chi connectivity index (χ3n) is 2.56. The molecule has 0 aliphatic rings. The molecule has 5 heteroatoms. The monoisotopic (exact) mass is 363 g/mol. The van der Waals surface area contributed by atoms with E-state index in [9.17, 15) is 13.2 Å². The van der Waals surface area contributed by atoms with Crippen molar-refractivity contribution in [3.63, 3.8) is 0 Å². The molecule has 0 bridgehead atoms. The van der Waals surface area contributed by atoms with Crippen LogP contribution in [0.1, 0.15) is 17.2 Å². The fourth-order valence-electron chi connectivity index (χ4n) is 1.72. The number of hydrogen-bond donors (Lipinski definition) is 1. The molecule has 0 saturated carbocycles. The SMILES string of the molecule is NC(c1cccc(I)c1)c1c(F)cc(F)cc1F. The van der Waals surface area contributed by atoms with Gasteiger partial charge in [-0.05, 0) is 40.3 Å². The average molecular weight is 363 g/mol. The lowest BCUT2D eigenvalue weighted by Crippen LogP contribution is -2.16. The summed E-state index contributed by atoms with van der Waals surface area (Å²) in [6, 6.07) is 7.30. The molecule has 0 saturated heterocycles. The fraction of sp³-hybridized carbons (Fsp3) is 0.0769. The second-order valence-corrected chi connectivity index (χ2v) is 5.06. The molecule has 2 rings (SSSR count). The first-order valence-electron chi connectivity index (χ1n) is 5.14. The van der Waals surface area contributed by atoms with Crippen molar-refractivity contribution in [1.82, 2.24) is 0 Å². The van der Waals surface area contributed by atoms with Crippen LogP contribution in [0.25, 0.3) is 0 Å².